The van der Waals surface area contributed by atoms with E-state index in [1.54, 1.807) is 6.07 Å². The van der Waals surface area contributed by atoms with Gasteiger partial charge in [-0.2, -0.15) is 0 Å². The Morgan fingerprint density at radius 3 is 2.05 bits per heavy atom. The molecule has 0 bridgehead atoms. The van der Waals surface area contributed by atoms with Gasteiger partial charge in [-0.05, 0) is 103 Å². The highest BCUT2D eigenvalue weighted by atomic mass is 19.1. The lowest BCUT2D eigenvalue weighted by Crippen LogP contribution is -2.15. The topological polar surface area (TPSA) is 0 Å². The highest BCUT2D eigenvalue weighted by Gasteiger charge is 2.24. The fourth-order valence-electron chi connectivity index (χ4n) is 7.66. The van der Waals surface area contributed by atoms with Gasteiger partial charge in [0.05, 0.1) is 0 Å². The molecule has 0 N–H and O–H groups in total. The third-order valence-electron chi connectivity index (χ3n) is 10.3. The van der Waals surface area contributed by atoms with Crippen molar-refractivity contribution in [2.45, 2.75) is 109 Å². The first-order valence-electron chi connectivity index (χ1n) is 16.7. The molecule has 5 rings (SSSR count). The Morgan fingerprint density at radius 2 is 1.39 bits per heavy atom. The van der Waals surface area contributed by atoms with Gasteiger partial charge < -0.3 is 0 Å². The number of hydrogen-bond acceptors (Lipinski definition) is 0. The third kappa shape index (κ3) is 8.67. The van der Waals surface area contributed by atoms with Crippen molar-refractivity contribution in [3.8, 4) is 0 Å². The van der Waals surface area contributed by atoms with Crippen LogP contribution in [0.3, 0.4) is 0 Å². The van der Waals surface area contributed by atoms with Crippen LogP contribution in [0, 0.1) is 23.6 Å². The Balaban J connectivity index is 1.07. The molecule has 0 nitrogen and oxygen atoms in total. The minimum absolute atomic E-state index is 0.0969. The van der Waals surface area contributed by atoms with Gasteiger partial charge in [-0.3, -0.25) is 0 Å². The van der Waals surface area contributed by atoms with E-state index >= 15 is 0 Å². The predicted octanol–water partition coefficient (Wildman–Crippen LogP) is 12.0. The van der Waals surface area contributed by atoms with Crippen LogP contribution >= 0.6 is 0 Å². The zero-order chi connectivity index (χ0) is 28.4. The minimum Gasteiger partial charge on any atom is -0.206 e. The summed E-state index contributed by atoms with van der Waals surface area (Å²) in [6, 6.07) is 25.8. The van der Waals surface area contributed by atoms with Crippen molar-refractivity contribution in [2.24, 2.45) is 17.8 Å². The summed E-state index contributed by atoms with van der Waals surface area (Å²) in [6.45, 7) is 4.68. The van der Waals surface area contributed by atoms with E-state index in [-0.39, 0.29) is 5.82 Å². The Kier molecular flexibility index (Phi) is 10.9. The second kappa shape index (κ2) is 15.0. The van der Waals surface area contributed by atoms with Crippen molar-refractivity contribution in [1.29, 1.82) is 0 Å². The molecule has 3 aromatic carbocycles. The number of rotatable bonds is 11. The van der Waals surface area contributed by atoms with Gasteiger partial charge in [0.1, 0.15) is 5.82 Å². The molecular weight excluding hydrogens is 499 g/mol. The van der Waals surface area contributed by atoms with Gasteiger partial charge in [0.2, 0.25) is 0 Å². The summed E-state index contributed by atoms with van der Waals surface area (Å²) in [5.74, 6) is 3.84. The van der Waals surface area contributed by atoms with Crippen LogP contribution < -0.4 is 0 Å². The maximum absolute atomic E-state index is 14.9. The normalized spacial score (nSPS) is 24.0. The largest absolute Gasteiger partial charge is 0.206 e. The van der Waals surface area contributed by atoms with Crippen molar-refractivity contribution in [1.82, 2.24) is 0 Å². The maximum Gasteiger partial charge on any atom is 0.130 e. The summed E-state index contributed by atoms with van der Waals surface area (Å²) in [6.07, 6.45) is 21.0. The highest BCUT2D eigenvalue weighted by Crippen LogP contribution is 2.40. The van der Waals surface area contributed by atoms with Gasteiger partial charge >= 0.3 is 0 Å². The number of aryl methyl sites for hydroxylation is 1. The van der Waals surface area contributed by atoms with E-state index in [1.165, 1.54) is 88.2 Å². The summed E-state index contributed by atoms with van der Waals surface area (Å²) in [7, 11) is 0. The summed E-state index contributed by atoms with van der Waals surface area (Å²) in [5.41, 5.74) is 5.90. The van der Waals surface area contributed by atoms with Gasteiger partial charge in [-0.25, -0.2) is 4.39 Å². The summed E-state index contributed by atoms with van der Waals surface area (Å²) >= 11 is 0. The van der Waals surface area contributed by atoms with Gasteiger partial charge in [0.15, 0.2) is 0 Å². The second-order valence-electron chi connectivity index (χ2n) is 13.3. The minimum atomic E-state index is -0.0969. The lowest BCUT2D eigenvalue weighted by molar-refractivity contribution is 0.252. The molecule has 0 aromatic heterocycles. The fraction of sp³-hybridized carbons (Fsp3) is 0.500. The number of halogens is 1. The third-order valence-corrected chi connectivity index (χ3v) is 10.3. The molecule has 1 atom stereocenters. The summed E-state index contributed by atoms with van der Waals surface area (Å²) in [5, 5.41) is 0. The SMILES string of the molecule is CCCC1CCC(CCc2ccc(C=Cc3ccc(C4CCC(C[C@H](C)c5ccccc5)CC4)cc3)c(F)c2)CC1. The van der Waals surface area contributed by atoms with Gasteiger partial charge in [0, 0.05) is 5.56 Å². The second-order valence-corrected chi connectivity index (χ2v) is 13.3. The Bertz CT molecular complexity index is 1210. The molecule has 2 aliphatic carbocycles. The van der Waals surface area contributed by atoms with Crippen LogP contribution in [0.15, 0.2) is 72.8 Å². The van der Waals surface area contributed by atoms with Crippen molar-refractivity contribution in [3.05, 3.63) is 106 Å². The molecule has 0 amide bonds. The first kappa shape index (κ1) is 29.8. The zero-order valence-corrected chi connectivity index (χ0v) is 25.5. The van der Waals surface area contributed by atoms with E-state index in [4.69, 9.17) is 0 Å². The van der Waals surface area contributed by atoms with E-state index in [1.807, 2.05) is 12.1 Å². The molecule has 2 aliphatic rings. The lowest BCUT2D eigenvalue weighted by atomic mass is 9.75. The average molecular weight is 551 g/mol. The summed E-state index contributed by atoms with van der Waals surface area (Å²) in [4.78, 5) is 0. The molecule has 0 saturated heterocycles. The molecule has 2 saturated carbocycles. The molecule has 218 valence electrons. The standard InChI is InChI=1S/C40H51F/c1-3-7-31-10-12-32(13-11-31)14-15-35-21-27-39(40(41)29-35)26-18-33-16-22-37(23-17-33)38-24-19-34(20-25-38)28-30(2)36-8-5-4-6-9-36/h4-6,8-9,16-18,21-23,26-27,29-32,34,38H,3,7,10-15,19-20,24-25,28H2,1-2H3/t30-,31?,32?,34?,38?/m0/s1. The molecule has 3 aromatic rings. The number of hydrogen-bond donors (Lipinski definition) is 0. The molecule has 0 heterocycles. The molecule has 0 spiro atoms. The molecule has 2 fully saturated rings. The zero-order valence-electron chi connectivity index (χ0n) is 25.5. The van der Waals surface area contributed by atoms with Crippen LogP contribution in [0.5, 0.6) is 0 Å². The van der Waals surface area contributed by atoms with Crippen LogP contribution in [0.4, 0.5) is 4.39 Å². The van der Waals surface area contributed by atoms with E-state index in [0.717, 1.165) is 35.3 Å². The van der Waals surface area contributed by atoms with Crippen LogP contribution in [0.2, 0.25) is 0 Å². The Morgan fingerprint density at radius 1 is 0.732 bits per heavy atom. The van der Waals surface area contributed by atoms with E-state index in [9.17, 15) is 4.39 Å². The highest BCUT2D eigenvalue weighted by molar-refractivity contribution is 5.70. The molecular formula is C40H51F. The van der Waals surface area contributed by atoms with E-state index < -0.39 is 0 Å². The quantitative estimate of drug-likeness (QED) is 0.208. The van der Waals surface area contributed by atoms with Crippen LogP contribution in [0.1, 0.15) is 131 Å². The van der Waals surface area contributed by atoms with Crippen molar-refractivity contribution in [3.63, 3.8) is 0 Å². The first-order chi connectivity index (χ1) is 20.1. The average Bonchev–Trinajstić information content (AvgIpc) is 3.01. The lowest BCUT2D eigenvalue weighted by Gasteiger charge is -2.30. The van der Waals surface area contributed by atoms with E-state index in [0.29, 0.717) is 17.4 Å². The first-order valence-corrected chi connectivity index (χ1v) is 16.7. The monoisotopic (exact) mass is 550 g/mol. The summed E-state index contributed by atoms with van der Waals surface area (Å²) < 4.78 is 14.9. The molecule has 0 radical (unpaired) electrons. The Labute approximate surface area is 249 Å². The predicted molar refractivity (Wildman–Crippen MR) is 175 cm³/mol. The van der Waals surface area contributed by atoms with E-state index in [2.05, 4.69) is 80.6 Å². The maximum atomic E-state index is 14.9. The fourth-order valence-corrected chi connectivity index (χ4v) is 7.66. The molecule has 0 unspecified atom stereocenters. The molecule has 41 heavy (non-hydrogen) atoms. The van der Waals surface area contributed by atoms with Crippen LogP contribution in [-0.4, -0.2) is 0 Å². The smallest absolute Gasteiger partial charge is 0.130 e. The van der Waals surface area contributed by atoms with Gasteiger partial charge in [-0.15, -0.1) is 0 Å². The molecule has 1 heteroatoms. The van der Waals surface area contributed by atoms with Crippen molar-refractivity contribution in [2.75, 3.05) is 0 Å². The van der Waals surface area contributed by atoms with Crippen molar-refractivity contribution >= 4 is 12.2 Å². The molecule has 0 aliphatic heterocycles. The van der Waals surface area contributed by atoms with Gasteiger partial charge in [0.25, 0.3) is 0 Å². The van der Waals surface area contributed by atoms with Crippen molar-refractivity contribution < 1.29 is 4.39 Å². The van der Waals surface area contributed by atoms with Crippen LogP contribution in [0.25, 0.3) is 12.2 Å². The van der Waals surface area contributed by atoms with Gasteiger partial charge in [-0.1, -0.05) is 131 Å². The number of benzene rings is 3. The Hall–Kier alpha value is -2.67. The van der Waals surface area contributed by atoms with Crippen LogP contribution in [-0.2, 0) is 6.42 Å².